The van der Waals surface area contributed by atoms with E-state index in [4.69, 9.17) is 10.00 Å². The third-order valence-corrected chi connectivity index (χ3v) is 2.72. The summed E-state index contributed by atoms with van der Waals surface area (Å²) in [7, 11) is 3.48. The number of benzene rings is 1. The van der Waals surface area contributed by atoms with Gasteiger partial charge in [-0.1, -0.05) is 0 Å². The summed E-state index contributed by atoms with van der Waals surface area (Å²) in [4.78, 5) is 4.41. The lowest BCUT2D eigenvalue weighted by Crippen LogP contribution is -1.95. The van der Waals surface area contributed by atoms with E-state index in [0.717, 1.165) is 22.8 Å². The highest BCUT2D eigenvalue weighted by Gasteiger charge is 2.12. The van der Waals surface area contributed by atoms with Crippen LogP contribution in [0.2, 0.25) is 0 Å². The van der Waals surface area contributed by atoms with E-state index in [0.29, 0.717) is 5.69 Å². The van der Waals surface area contributed by atoms with Crippen molar-refractivity contribution in [1.82, 2.24) is 9.55 Å². The molecule has 1 aromatic carbocycles. The summed E-state index contributed by atoms with van der Waals surface area (Å²) in [6.07, 6.45) is 0. The lowest BCUT2D eigenvalue weighted by Gasteiger charge is -2.03. The molecular formula is C13H13N3O. The van der Waals surface area contributed by atoms with Gasteiger partial charge in [-0.05, 0) is 31.2 Å². The average Bonchev–Trinajstić information content (AvgIpc) is 2.64. The second-order valence-corrected chi connectivity index (χ2v) is 3.77. The number of ether oxygens (including phenoxy) is 1. The predicted octanol–water partition coefficient (Wildman–Crippen LogP) is 2.28. The van der Waals surface area contributed by atoms with E-state index in [1.807, 2.05) is 38.2 Å². The minimum absolute atomic E-state index is 0.593. The quantitative estimate of drug-likeness (QED) is 0.790. The highest BCUT2D eigenvalue weighted by atomic mass is 16.5. The van der Waals surface area contributed by atoms with Gasteiger partial charge in [-0.25, -0.2) is 4.98 Å². The number of hydrogen-bond donors (Lipinski definition) is 0. The summed E-state index contributed by atoms with van der Waals surface area (Å²) in [5.41, 5.74) is 2.31. The second-order valence-electron chi connectivity index (χ2n) is 3.77. The largest absolute Gasteiger partial charge is 0.497 e. The summed E-state index contributed by atoms with van der Waals surface area (Å²) in [5, 5.41) is 9.01. The highest BCUT2D eigenvalue weighted by molar-refractivity contribution is 5.59. The van der Waals surface area contributed by atoms with Crippen molar-refractivity contribution in [2.45, 2.75) is 6.92 Å². The lowest BCUT2D eigenvalue weighted by atomic mass is 10.2. The molecule has 1 heterocycles. The topological polar surface area (TPSA) is 50.8 Å². The van der Waals surface area contributed by atoms with Crippen LogP contribution in [0.4, 0.5) is 0 Å². The van der Waals surface area contributed by atoms with Gasteiger partial charge in [0.2, 0.25) is 0 Å². The molecule has 0 radical (unpaired) electrons. The summed E-state index contributed by atoms with van der Waals surface area (Å²) in [6, 6.07) is 9.78. The Bertz CT molecular complexity index is 576. The monoisotopic (exact) mass is 227 g/mol. The van der Waals surface area contributed by atoms with Crippen LogP contribution < -0.4 is 4.74 Å². The van der Waals surface area contributed by atoms with Crippen molar-refractivity contribution in [3.63, 3.8) is 0 Å². The first-order valence-corrected chi connectivity index (χ1v) is 5.25. The zero-order chi connectivity index (χ0) is 12.4. The van der Waals surface area contributed by atoms with E-state index < -0.39 is 0 Å². The summed E-state index contributed by atoms with van der Waals surface area (Å²) >= 11 is 0. The van der Waals surface area contributed by atoms with Crippen LogP contribution in [-0.2, 0) is 7.05 Å². The van der Waals surface area contributed by atoms with Gasteiger partial charge < -0.3 is 9.30 Å². The predicted molar refractivity (Wildman–Crippen MR) is 64.6 cm³/mol. The molecule has 2 rings (SSSR count). The Morgan fingerprint density at radius 2 is 1.94 bits per heavy atom. The molecule has 0 N–H and O–H groups in total. The van der Waals surface area contributed by atoms with Crippen molar-refractivity contribution < 1.29 is 4.74 Å². The van der Waals surface area contributed by atoms with Crippen LogP contribution in [0.1, 0.15) is 11.4 Å². The molecule has 86 valence electrons. The first-order valence-electron chi connectivity index (χ1n) is 5.25. The number of methoxy groups -OCH3 is 1. The number of aromatic nitrogens is 2. The Balaban J connectivity index is 2.50. The molecule has 0 atom stereocenters. The van der Waals surface area contributed by atoms with Gasteiger partial charge in [-0.15, -0.1) is 0 Å². The fraction of sp³-hybridized carbons (Fsp3) is 0.231. The van der Waals surface area contributed by atoms with Gasteiger partial charge in [0.25, 0.3) is 0 Å². The Morgan fingerprint density at radius 3 is 2.41 bits per heavy atom. The Kier molecular flexibility index (Phi) is 2.84. The molecule has 1 aromatic heterocycles. The molecular weight excluding hydrogens is 214 g/mol. The van der Waals surface area contributed by atoms with E-state index in [-0.39, 0.29) is 0 Å². The fourth-order valence-electron chi connectivity index (χ4n) is 1.79. The maximum Gasteiger partial charge on any atom is 0.143 e. The third-order valence-electron chi connectivity index (χ3n) is 2.72. The van der Waals surface area contributed by atoms with Gasteiger partial charge >= 0.3 is 0 Å². The molecule has 0 aliphatic carbocycles. The van der Waals surface area contributed by atoms with E-state index >= 15 is 0 Å². The first kappa shape index (κ1) is 11.2. The number of imidazole rings is 1. The van der Waals surface area contributed by atoms with Gasteiger partial charge in [0.15, 0.2) is 0 Å². The number of hydrogen-bond acceptors (Lipinski definition) is 3. The standard InChI is InChI=1S/C13H13N3O/c1-9-12(8-14)16(2)13(15-9)10-4-6-11(17-3)7-5-10/h4-7H,1-3H3. The molecule has 0 aliphatic rings. The van der Waals surface area contributed by atoms with Crippen molar-refractivity contribution in [2.75, 3.05) is 7.11 Å². The molecule has 0 saturated heterocycles. The molecule has 17 heavy (non-hydrogen) atoms. The van der Waals surface area contributed by atoms with Crippen molar-refractivity contribution in [3.05, 3.63) is 35.7 Å². The number of aryl methyl sites for hydroxylation is 1. The van der Waals surface area contributed by atoms with Crippen LogP contribution in [0.5, 0.6) is 5.75 Å². The van der Waals surface area contributed by atoms with Crippen molar-refractivity contribution in [2.24, 2.45) is 7.05 Å². The van der Waals surface area contributed by atoms with Gasteiger partial charge in [0.1, 0.15) is 23.3 Å². The van der Waals surface area contributed by atoms with Crippen LogP contribution in [0.3, 0.4) is 0 Å². The number of rotatable bonds is 2. The normalized spacial score (nSPS) is 10.0. The van der Waals surface area contributed by atoms with Gasteiger partial charge in [0.05, 0.1) is 12.8 Å². The van der Waals surface area contributed by atoms with Crippen molar-refractivity contribution in [3.8, 4) is 23.2 Å². The Hall–Kier alpha value is -2.28. The zero-order valence-electron chi connectivity index (χ0n) is 10.1. The van der Waals surface area contributed by atoms with Crippen molar-refractivity contribution in [1.29, 1.82) is 5.26 Å². The minimum atomic E-state index is 0.593. The van der Waals surface area contributed by atoms with Crippen LogP contribution in [0.25, 0.3) is 11.4 Å². The Morgan fingerprint density at radius 1 is 1.29 bits per heavy atom. The number of nitriles is 1. The second kappa shape index (κ2) is 4.30. The first-order chi connectivity index (χ1) is 8.17. The lowest BCUT2D eigenvalue weighted by molar-refractivity contribution is 0.415. The van der Waals surface area contributed by atoms with E-state index in [9.17, 15) is 0 Å². The van der Waals surface area contributed by atoms with Crippen LogP contribution in [0, 0.1) is 18.3 Å². The molecule has 4 nitrogen and oxygen atoms in total. The molecule has 0 saturated carbocycles. The van der Waals surface area contributed by atoms with E-state index in [1.54, 1.807) is 11.7 Å². The fourth-order valence-corrected chi connectivity index (χ4v) is 1.79. The summed E-state index contributed by atoms with van der Waals surface area (Å²) in [5.74, 6) is 1.60. The van der Waals surface area contributed by atoms with Crippen LogP contribution in [-0.4, -0.2) is 16.7 Å². The third kappa shape index (κ3) is 1.87. The van der Waals surface area contributed by atoms with E-state index in [2.05, 4.69) is 11.1 Å². The smallest absolute Gasteiger partial charge is 0.143 e. The van der Waals surface area contributed by atoms with Crippen LogP contribution in [0.15, 0.2) is 24.3 Å². The molecule has 0 unspecified atom stereocenters. The van der Waals surface area contributed by atoms with Crippen molar-refractivity contribution >= 4 is 0 Å². The number of nitrogens with zero attached hydrogens (tertiary/aromatic N) is 3. The minimum Gasteiger partial charge on any atom is -0.497 e. The maximum atomic E-state index is 9.01. The summed E-state index contributed by atoms with van der Waals surface area (Å²) in [6.45, 7) is 1.84. The summed E-state index contributed by atoms with van der Waals surface area (Å²) < 4.78 is 6.91. The maximum absolute atomic E-state index is 9.01. The molecule has 2 aromatic rings. The van der Waals surface area contributed by atoms with E-state index in [1.165, 1.54) is 0 Å². The SMILES string of the molecule is COc1ccc(-c2nc(C)c(C#N)n2C)cc1. The van der Waals surface area contributed by atoms with Crippen LogP contribution >= 0.6 is 0 Å². The molecule has 0 spiro atoms. The van der Waals surface area contributed by atoms with Gasteiger partial charge in [0, 0.05) is 12.6 Å². The van der Waals surface area contributed by atoms with Gasteiger partial charge in [-0.2, -0.15) is 5.26 Å². The average molecular weight is 227 g/mol. The highest BCUT2D eigenvalue weighted by Crippen LogP contribution is 2.23. The molecule has 4 heteroatoms. The van der Waals surface area contributed by atoms with Gasteiger partial charge in [-0.3, -0.25) is 0 Å². The molecule has 0 amide bonds. The molecule has 0 fully saturated rings. The molecule has 0 bridgehead atoms. The molecule has 0 aliphatic heterocycles. The Labute approximate surface area is 100 Å². The zero-order valence-corrected chi connectivity index (χ0v) is 10.1.